The molecule has 0 rings (SSSR count). The van der Waals surface area contributed by atoms with Gasteiger partial charge in [-0.15, -0.1) is 0 Å². The summed E-state index contributed by atoms with van der Waals surface area (Å²) in [5, 5.41) is 0. The molecule has 0 fully saturated rings. The fourth-order valence-corrected chi connectivity index (χ4v) is 10.4. The zero-order valence-corrected chi connectivity index (χ0v) is 50.4. The summed E-state index contributed by atoms with van der Waals surface area (Å²) in [5.41, 5.74) is 0. The number of unbranched alkanes of at least 4 members (excludes halogenated alkanes) is 50. The standard InChI is InChI=1S/C68H130O6/c1-4-7-10-13-16-19-22-25-28-31-32-33-34-35-36-38-40-43-46-49-52-55-58-61-67(70)73-64-65(63-72-66(69)60-57-54-51-48-45-42-39-30-27-24-21-18-15-12-9-6-3)74-68(71)62-59-56-53-50-47-44-41-37-29-26-23-20-17-14-11-8-5-2/h30,39,65H,4-29,31-38,40-64H2,1-3H3/b39-30-. The van der Waals surface area contributed by atoms with E-state index >= 15 is 0 Å². The third kappa shape index (κ3) is 61.0. The van der Waals surface area contributed by atoms with Gasteiger partial charge < -0.3 is 14.2 Å². The number of esters is 3. The fraction of sp³-hybridized carbons (Fsp3) is 0.926. The molecule has 438 valence electrons. The molecule has 0 aromatic rings. The Balaban J connectivity index is 4.26. The largest absolute Gasteiger partial charge is 0.462 e. The van der Waals surface area contributed by atoms with Gasteiger partial charge in [-0.25, -0.2) is 0 Å². The van der Waals surface area contributed by atoms with Crippen LogP contribution >= 0.6 is 0 Å². The normalized spacial score (nSPS) is 12.0. The molecule has 0 amide bonds. The molecule has 0 aromatic heterocycles. The number of carbonyl (C=O) groups excluding carboxylic acids is 3. The highest BCUT2D eigenvalue weighted by molar-refractivity contribution is 5.71. The first-order chi connectivity index (χ1) is 36.5. The molecule has 6 nitrogen and oxygen atoms in total. The van der Waals surface area contributed by atoms with Crippen LogP contribution in [0.1, 0.15) is 387 Å². The molecule has 0 aliphatic heterocycles. The summed E-state index contributed by atoms with van der Waals surface area (Å²) in [7, 11) is 0. The van der Waals surface area contributed by atoms with E-state index in [1.54, 1.807) is 0 Å². The van der Waals surface area contributed by atoms with E-state index in [1.165, 1.54) is 283 Å². The first-order valence-corrected chi connectivity index (χ1v) is 33.7. The molecule has 0 aliphatic rings. The van der Waals surface area contributed by atoms with Gasteiger partial charge in [0, 0.05) is 19.3 Å². The lowest BCUT2D eigenvalue weighted by Gasteiger charge is -2.18. The van der Waals surface area contributed by atoms with E-state index < -0.39 is 6.10 Å². The first kappa shape index (κ1) is 72.2. The Morgan fingerprint density at radius 1 is 0.257 bits per heavy atom. The zero-order chi connectivity index (χ0) is 53.6. The van der Waals surface area contributed by atoms with Gasteiger partial charge in [-0.2, -0.15) is 0 Å². The van der Waals surface area contributed by atoms with E-state index in [0.29, 0.717) is 19.3 Å². The summed E-state index contributed by atoms with van der Waals surface area (Å²) in [4.78, 5) is 38.4. The van der Waals surface area contributed by atoms with Crippen molar-refractivity contribution >= 4 is 17.9 Å². The van der Waals surface area contributed by atoms with Gasteiger partial charge in [0.05, 0.1) is 0 Å². The van der Waals surface area contributed by atoms with Gasteiger partial charge in [0.25, 0.3) is 0 Å². The second-order valence-corrected chi connectivity index (χ2v) is 23.1. The van der Waals surface area contributed by atoms with Gasteiger partial charge in [-0.3, -0.25) is 14.4 Å². The Kier molecular flexibility index (Phi) is 62.1. The lowest BCUT2D eigenvalue weighted by atomic mass is 10.0. The maximum Gasteiger partial charge on any atom is 0.306 e. The van der Waals surface area contributed by atoms with Crippen molar-refractivity contribution in [3.8, 4) is 0 Å². The van der Waals surface area contributed by atoms with Crippen LogP contribution in [-0.2, 0) is 28.6 Å². The van der Waals surface area contributed by atoms with E-state index in [9.17, 15) is 14.4 Å². The second-order valence-electron chi connectivity index (χ2n) is 23.1. The van der Waals surface area contributed by atoms with Gasteiger partial charge >= 0.3 is 17.9 Å². The summed E-state index contributed by atoms with van der Waals surface area (Å²) >= 11 is 0. The van der Waals surface area contributed by atoms with Crippen molar-refractivity contribution < 1.29 is 28.6 Å². The summed E-state index contributed by atoms with van der Waals surface area (Å²) < 4.78 is 17.0. The van der Waals surface area contributed by atoms with E-state index in [2.05, 4.69) is 32.9 Å². The van der Waals surface area contributed by atoms with Crippen molar-refractivity contribution in [2.75, 3.05) is 13.2 Å². The van der Waals surface area contributed by atoms with Crippen LogP contribution in [0.5, 0.6) is 0 Å². The zero-order valence-electron chi connectivity index (χ0n) is 50.4. The summed E-state index contributed by atoms with van der Waals surface area (Å²) in [5.74, 6) is -0.841. The Morgan fingerprint density at radius 2 is 0.446 bits per heavy atom. The maximum atomic E-state index is 12.9. The molecular formula is C68H130O6. The van der Waals surface area contributed by atoms with Crippen molar-refractivity contribution in [2.24, 2.45) is 0 Å². The second kappa shape index (κ2) is 63.7. The molecule has 1 unspecified atom stereocenters. The molecule has 0 aliphatic carbocycles. The molecule has 0 radical (unpaired) electrons. The van der Waals surface area contributed by atoms with Crippen LogP contribution in [0.25, 0.3) is 0 Å². The van der Waals surface area contributed by atoms with Gasteiger partial charge in [0.15, 0.2) is 6.10 Å². The molecule has 74 heavy (non-hydrogen) atoms. The van der Waals surface area contributed by atoms with Crippen molar-refractivity contribution in [1.82, 2.24) is 0 Å². The molecule has 0 spiro atoms. The summed E-state index contributed by atoms with van der Waals surface area (Å²) in [6, 6.07) is 0. The predicted octanol–water partition coefficient (Wildman–Crippen LogP) is 22.8. The van der Waals surface area contributed by atoms with E-state index in [4.69, 9.17) is 14.2 Å². The highest BCUT2D eigenvalue weighted by atomic mass is 16.6. The number of rotatable bonds is 63. The molecule has 0 bridgehead atoms. The lowest BCUT2D eigenvalue weighted by molar-refractivity contribution is -0.167. The van der Waals surface area contributed by atoms with Gasteiger partial charge in [0.2, 0.25) is 0 Å². The van der Waals surface area contributed by atoms with Gasteiger partial charge in [-0.05, 0) is 44.9 Å². The Bertz CT molecular complexity index is 1150. The molecule has 1 atom stereocenters. The number of hydrogen-bond donors (Lipinski definition) is 0. The fourth-order valence-electron chi connectivity index (χ4n) is 10.4. The third-order valence-electron chi connectivity index (χ3n) is 15.5. The van der Waals surface area contributed by atoms with E-state index in [0.717, 1.165) is 64.2 Å². The monoisotopic (exact) mass is 1040 g/mol. The first-order valence-electron chi connectivity index (χ1n) is 33.7. The quantitative estimate of drug-likeness (QED) is 0.0261. The van der Waals surface area contributed by atoms with Crippen LogP contribution in [0.15, 0.2) is 12.2 Å². The molecule has 0 saturated heterocycles. The van der Waals surface area contributed by atoms with Crippen molar-refractivity contribution in [3.63, 3.8) is 0 Å². The minimum absolute atomic E-state index is 0.0657. The summed E-state index contributed by atoms with van der Waals surface area (Å²) in [6.45, 7) is 6.72. The molecular weight excluding hydrogens is 913 g/mol. The number of ether oxygens (including phenoxy) is 3. The summed E-state index contributed by atoms with van der Waals surface area (Å²) in [6.07, 6.45) is 75.1. The van der Waals surface area contributed by atoms with Crippen LogP contribution in [-0.4, -0.2) is 37.2 Å². The van der Waals surface area contributed by atoms with Gasteiger partial charge in [-0.1, -0.05) is 335 Å². The average molecular weight is 1040 g/mol. The highest BCUT2D eigenvalue weighted by Crippen LogP contribution is 2.19. The number of carbonyl (C=O) groups is 3. The molecule has 0 aromatic carbocycles. The van der Waals surface area contributed by atoms with Crippen LogP contribution < -0.4 is 0 Å². The van der Waals surface area contributed by atoms with Crippen LogP contribution in [0.4, 0.5) is 0 Å². The molecule has 6 heteroatoms. The molecule has 0 heterocycles. The Labute approximate surface area is 462 Å². The number of hydrogen-bond acceptors (Lipinski definition) is 6. The Morgan fingerprint density at radius 3 is 0.676 bits per heavy atom. The predicted molar refractivity (Wildman–Crippen MR) is 321 cm³/mol. The highest BCUT2D eigenvalue weighted by Gasteiger charge is 2.19. The molecule has 0 N–H and O–H groups in total. The van der Waals surface area contributed by atoms with Crippen LogP contribution in [0.3, 0.4) is 0 Å². The number of allylic oxidation sites excluding steroid dienone is 2. The third-order valence-corrected chi connectivity index (χ3v) is 15.5. The SMILES string of the molecule is CCCCCCCCC/C=C\CCCCCCCC(=O)OCC(COC(=O)CCCCCCCCCCCCCCCCCCCCCCCCC)OC(=O)CCCCCCCCCCCCCCCCCCC. The molecule has 0 saturated carbocycles. The van der Waals surface area contributed by atoms with E-state index in [1.807, 2.05) is 0 Å². The van der Waals surface area contributed by atoms with Crippen molar-refractivity contribution in [1.29, 1.82) is 0 Å². The smallest absolute Gasteiger partial charge is 0.306 e. The van der Waals surface area contributed by atoms with Crippen molar-refractivity contribution in [2.45, 2.75) is 393 Å². The van der Waals surface area contributed by atoms with E-state index in [-0.39, 0.29) is 31.1 Å². The van der Waals surface area contributed by atoms with Gasteiger partial charge in [0.1, 0.15) is 13.2 Å². The van der Waals surface area contributed by atoms with Crippen LogP contribution in [0, 0.1) is 0 Å². The topological polar surface area (TPSA) is 78.9 Å². The van der Waals surface area contributed by atoms with Crippen LogP contribution in [0.2, 0.25) is 0 Å². The minimum Gasteiger partial charge on any atom is -0.462 e. The Hall–Kier alpha value is -1.85. The van der Waals surface area contributed by atoms with Crippen molar-refractivity contribution in [3.05, 3.63) is 12.2 Å². The maximum absolute atomic E-state index is 12.9. The lowest BCUT2D eigenvalue weighted by Crippen LogP contribution is -2.30. The minimum atomic E-state index is -0.769. The average Bonchev–Trinajstić information content (AvgIpc) is 3.40.